The van der Waals surface area contributed by atoms with Gasteiger partial charge in [-0.1, -0.05) is 17.7 Å². The number of benzene rings is 1. The number of aromatic amines is 1. The van der Waals surface area contributed by atoms with Gasteiger partial charge in [-0.2, -0.15) is 5.10 Å². The number of piperazine rings is 1. The van der Waals surface area contributed by atoms with E-state index in [9.17, 15) is 14.4 Å². The highest BCUT2D eigenvalue weighted by molar-refractivity contribution is 5.96. The predicted molar refractivity (Wildman–Crippen MR) is 92.6 cm³/mol. The summed E-state index contributed by atoms with van der Waals surface area (Å²) >= 11 is 0. The Hall–Kier alpha value is -2.96. The first-order chi connectivity index (χ1) is 12.0. The molecule has 0 spiro atoms. The molecule has 1 aliphatic heterocycles. The lowest BCUT2D eigenvalue weighted by Crippen LogP contribution is -2.50. The number of carbonyl (C=O) groups excluding carboxylic acids is 2. The molecular formula is C18H20N4O3. The number of hydrogen-bond donors (Lipinski definition) is 1. The summed E-state index contributed by atoms with van der Waals surface area (Å²) in [4.78, 5) is 39.5. The maximum absolute atomic E-state index is 12.7. The van der Waals surface area contributed by atoms with Crippen molar-refractivity contribution in [2.24, 2.45) is 0 Å². The summed E-state index contributed by atoms with van der Waals surface area (Å²) < 4.78 is 0. The van der Waals surface area contributed by atoms with Crippen LogP contribution in [0.5, 0.6) is 0 Å². The van der Waals surface area contributed by atoms with Gasteiger partial charge in [0, 0.05) is 37.8 Å². The highest BCUT2D eigenvalue weighted by Gasteiger charge is 2.26. The molecule has 1 saturated heterocycles. The fourth-order valence-corrected chi connectivity index (χ4v) is 2.96. The number of nitrogens with one attached hydrogen (secondary N) is 1. The average Bonchev–Trinajstić information content (AvgIpc) is 2.61. The van der Waals surface area contributed by atoms with E-state index < -0.39 is 0 Å². The molecule has 2 aromatic rings. The van der Waals surface area contributed by atoms with E-state index in [2.05, 4.69) is 10.2 Å². The van der Waals surface area contributed by atoms with E-state index in [0.29, 0.717) is 31.7 Å². The van der Waals surface area contributed by atoms with E-state index in [1.807, 2.05) is 32.0 Å². The Kier molecular flexibility index (Phi) is 4.65. The molecular weight excluding hydrogens is 320 g/mol. The normalized spacial score (nSPS) is 14.5. The van der Waals surface area contributed by atoms with Gasteiger partial charge >= 0.3 is 0 Å². The first-order valence-corrected chi connectivity index (χ1v) is 8.17. The Labute approximate surface area is 145 Å². The largest absolute Gasteiger partial charge is 0.335 e. The highest BCUT2D eigenvalue weighted by atomic mass is 16.2. The van der Waals surface area contributed by atoms with Crippen molar-refractivity contribution in [1.29, 1.82) is 0 Å². The number of aryl methyl sites for hydroxylation is 2. The zero-order chi connectivity index (χ0) is 18.0. The summed E-state index contributed by atoms with van der Waals surface area (Å²) in [5.41, 5.74) is 2.64. The predicted octanol–water partition coefficient (Wildman–Crippen LogP) is 0.985. The summed E-state index contributed by atoms with van der Waals surface area (Å²) in [6.45, 7) is 5.76. The molecule has 130 valence electrons. The van der Waals surface area contributed by atoms with Crippen molar-refractivity contribution >= 4 is 11.8 Å². The minimum absolute atomic E-state index is 0.00762. The summed E-state index contributed by atoms with van der Waals surface area (Å²) in [6.07, 6.45) is 0. The van der Waals surface area contributed by atoms with Gasteiger partial charge < -0.3 is 9.80 Å². The van der Waals surface area contributed by atoms with Gasteiger partial charge in [0.15, 0.2) is 0 Å². The van der Waals surface area contributed by atoms with Gasteiger partial charge in [-0.15, -0.1) is 0 Å². The Balaban J connectivity index is 1.65. The first kappa shape index (κ1) is 16.9. The van der Waals surface area contributed by atoms with Crippen LogP contribution < -0.4 is 5.56 Å². The van der Waals surface area contributed by atoms with Gasteiger partial charge in [-0.3, -0.25) is 14.4 Å². The molecule has 0 aliphatic carbocycles. The molecule has 7 heteroatoms. The summed E-state index contributed by atoms with van der Waals surface area (Å²) in [6, 6.07) is 8.47. The molecule has 0 bridgehead atoms. The average molecular weight is 340 g/mol. The van der Waals surface area contributed by atoms with Crippen molar-refractivity contribution in [2.45, 2.75) is 13.8 Å². The van der Waals surface area contributed by atoms with Crippen LogP contribution in [-0.2, 0) is 0 Å². The van der Waals surface area contributed by atoms with E-state index in [1.165, 1.54) is 12.1 Å². The Morgan fingerprint density at radius 2 is 1.60 bits per heavy atom. The van der Waals surface area contributed by atoms with E-state index in [-0.39, 0.29) is 23.1 Å². The second kappa shape index (κ2) is 6.88. The zero-order valence-electron chi connectivity index (χ0n) is 14.3. The summed E-state index contributed by atoms with van der Waals surface area (Å²) in [5.74, 6) is -0.248. The van der Waals surface area contributed by atoms with Crippen LogP contribution in [0.4, 0.5) is 0 Å². The summed E-state index contributed by atoms with van der Waals surface area (Å²) in [5, 5.41) is 6.03. The molecule has 1 fully saturated rings. The number of hydrogen-bond acceptors (Lipinski definition) is 4. The van der Waals surface area contributed by atoms with Crippen LogP contribution in [0.1, 0.15) is 32.0 Å². The number of aromatic nitrogens is 2. The Morgan fingerprint density at radius 3 is 2.16 bits per heavy atom. The SMILES string of the molecule is Cc1ccc(C(=O)N2CCN(C(=O)c3ccc(=O)[nH]n3)CC2)c(C)c1. The van der Waals surface area contributed by atoms with Crippen molar-refractivity contribution in [1.82, 2.24) is 20.0 Å². The third-order valence-electron chi connectivity index (χ3n) is 4.36. The fourth-order valence-electron chi connectivity index (χ4n) is 2.96. The first-order valence-electron chi connectivity index (χ1n) is 8.17. The van der Waals surface area contributed by atoms with E-state index in [1.54, 1.807) is 9.80 Å². The zero-order valence-corrected chi connectivity index (χ0v) is 14.3. The molecule has 0 atom stereocenters. The van der Waals surface area contributed by atoms with Crippen LogP contribution in [-0.4, -0.2) is 58.0 Å². The number of rotatable bonds is 2. The third kappa shape index (κ3) is 3.60. The van der Waals surface area contributed by atoms with Crippen molar-refractivity contribution in [3.05, 3.63) is 63.1 Å². The number of carbonyl (C=O) groups is 2. The van der Waals surface area contributed by atoms with Gasteiger partial charge in [0.05, 0.1) is 0 Å². The van der Waals surface area contributed by atoms with Gasteiger partial charge in [0.1, 0.15) is 5.69 Å². The van der Waals surface area contributed by atoms with Gasteiger partial charge in [-0.25, -0.2) is 5.10 Å². The number of amides is 2. The molecule has 0 unspecified atom stereocenters. The van der Waals surface area contributed by atoms with Crippen molar-refractivity contribution in [3.63, 3.8) is 0 Å². The smallest absolute Gasteiger partial charge is 0.274 e. The second-order valence-electron chi connectivity index (χ2n) is 6.21. The van der Waals surface area contributed by atoms with Crippen LogP contribution in [0.25, 0.3) is 0 Å². The van der Waals surface area contributed by atoms with Crippen molar-refractivity contribution in [2.75, 3.05) is 26.2 Å². The van der Waals surface area contributed by atoms with Crippen LogP contribution in [0.15, 0.2) is 35.1 Å². The number of nitrogens with zero attached hydrogens (tertiary/aromatic N) is 3. The second-order valence-corrected chi connectivity index (χ2v) is 6.21. The fraction of sp³-hybridized carbons (Fsp3) is 0.333. The molecule has 1 N–H and O–H groups in total. The lowest BCUT2D eigenvalue weighted by atomic mass is 10.0. The van der Waals surface area contributed by atoms with E-state index in [0.717, 1.165) is 11.1 Å². The van der Waals surface area contributed by atoms with Crippen LogP contribution in [0.3, 0.4) is 0 Å². The monoisotopic (exact) mass is 340 g/mol. The maximum Gasteiger partial charge on any atom is 0.274 e. The lowest BCUT2D eigenvalue weighted by Gasteiger charge is -2.34. The van der Waals surface area contributed by atoms with Crippen LogP contribution >= 0.6 is 0 Å². The standard InChI is InChI=1S/C18H20N4O3/c1-12-3-4-14(13(2)11-12)17(24)21-7-9-22(10-8-21)18(25)15-5-6-16(23)20-19-15/h3-6,11H,7-10H2,1-2H3,(H,20,23). The maximum atomic E-state index is 12.7. The van der Waals surface area contributed by atoms with E-state index in [4.69, 9.17) is 0 Å². The molecule has 0 radical (unpaired) electrons. The molecule has 2 amide bonds. The molecule has 0 saturated carbocycles. The minimum Gasteiger partial charge on any atom is -0.335 e. The van der Waals surface area contributed by atoms with E-state index >= 15 is 0 Å². The molecule has 25 heavy (non-hydrogen) atoms. The highest BCUT2D eigenvalue weighted by Crippen LogP contribution is 2.15. The van der Waals surface area contributed by atoms with Crippen LogP contribution in [0, 0.1) is 13.8 Å². The van der Waals surface area contributed by atoms with Crippen molar-refractivity contribution in [3.8, 4) is 0 Å². The molecule has 2 heterocycles. The molecule has 3 rings (SSSR count). The third-order valence-corrected chi connectivity index (χ3v) is 4.36. The summed E-state index contributed by atoms with van der Waals surface area (Å²) in [7, 11) is 0. The van der Waals surface area contributed by atoms with Gasteiger partial charge in [0.2, 0.25) is 0 Å². The molecule has 1 aromatic heterocycles. The molecule has 1 aromatic carbocycles. The Bertz CT molecular complexity index is 846. The molecule has 7 nitrogen and oxygen atoms in total. The molecule has 1 aliphatic rings. The Morgan fingerprint density at radius 1 is 0.960 bits per heavy atom. The van der Waals surface area contributed by atoms with Gasteiger partial charge in [-0.05, 0) is 31.5 Å². The quantitative estimate of drug-likeness (QED) is 0.883. The topological polar surface area (TPSA) is 86.4 Å². The lowest BCUT2D eigenvalue weighted by molar-refractivity contribution is 0.0531. The number of H-pyrrole nitrogens is 1. The van der Waals surface area contributed by atoms with Crippen LogP contribution in [0.2, 0.25) is 0 Å². The van der Waals surface area contributed by atoms with Crippen molar-refractivity contribution < 1.29 is 9.59 Å². The van der Waals surface area contributed by atoms with Gasteiger partial charge in [0.25, 0.3) is 17.4 Å². The minimum atomic E-state index is -0.347.